The van der Waals surface area contributed by atoms with Gasteiger partial charge in [-0.1, -0.05) is 121 Å². The summed E-state index contributed by atoms with van der Waals surface area (Å²) < 4.78 is 9.26. The number of hydrogen-bond donors (Lipinski definition) is 0. The van der Waals surface area contributed by atoms with Crippen molar-refractivity contribution < 1.29 is 4.42 Å². The van der Waals surface area contributed by atoms with Crippen LogP contribution in [0.1, 0.15) is 0 Å². The first-order valence-corrected chi connectivity index (χ1v) is 17.8. The summed E-state index contributed by atoms with van der Waals surface area (Å²) in [5.74, 6) is 0. The Kier molecular flexibility index (Phi) is 5.86. The van der Waals surface area contributed by atoms with Gasteiger partial charge in [0.05, 0.1) is 11.4 Å². The van der Waals surface area contributed by atoms with Crippen molar-refractivity contribution in [2.24, 2.45) is 0 Å². The Labute approximate surface area is 291 Å². The van der Waals surface area contributed by atoms with Gasteiger partial charge < -0.3 is 4.42 Å². The van der Waals surface area contributed by atoms with E-state index in [2.05, 4.69) is 164 Å². The van der Waals surface area contributed by atoms with Crippen LogP contribution in [0.4, 0.5) is 0 Å². The number of fused-ring (bicyclic) bond motifs is 11. The maximum Gasteiger partial charge on any atom is 0.143 e. The molecule has 0 unspecified atom stereocenters. The summed E-state index contributed by atoms with van der Waals surface area (Å²) in [5, 5.41) is 11.9. The maximum absolute atomic E-state index is 6.62. The molecule has 0 N–H and O–H groups in total. The first kappa shape index (κ1) is 27.6. The van der Waals surface area contributed by atoms with Gasteiger partial charge >= 0.3 is 0 Å². The Morgan fingerprint density at radius 2 is 1.06 bits per heavy atom. The van der Waals surface area contributed by atoms with Crippen molar-refractivity contribution >= 4 is 85.8 Å². The largest absolute Gasteiger partial charge is 0.455 e. The molecule has 0 radical (unpaired) electrons. The van der Waals surface area contributed by atoms with Crippen LogP contribution in [-0.4, -0.2) is 4.98 Å². The van der Waals surface area contributed by atoms with Gasteiger partial charge in [0.25, 0.3) is 0 Å². The molecular weight excluding hydrogens is 627 g/mol. The zero-order chi connectivity index (χ0) is 32.8. The molecule has 0 spiro atoms. The van der Waals surface area contributed by atoms with Crippen LogP contribution < -0.4 is 0 Å². The fourth-order valence-electron chi connectivity index (χ4n) is 7.77. The molecule has 3 heterocycles. The van der Waals surface area contributed by atoms with Gasteiger partial charge in [0.15, 0.2) is 0 Å². The van der Waals surface area contributed by atoms with Gasteiger partial charge in [0.1, 0.15) is 11.2 Å². The van der Waals surface area contributed by atoms with Gasteiger partial charge in [-0.15, -0.1) is 11.3 Å². The Morgan fingerprint density at radius 1 is 0.400 bits per heavy atom. The fraction of sp³-hybridized carbons (Fsp3) is 0. The highest BCUT2D eigenvalue weighted by atomic mass is 32.1. The van der Waals surface area contributed by atoms with Crippen LogP contribution in [-0.2, 0) is 0 Å². The maximum atomic E-state index is 6.62. The third-order valence-electron chi connectivity index (χ3n) is 10.3. The Hall–Kier alpha value is -6.29. The molecule has 0 aliphatic carbocycles. The second-order valence-electron chi connectivity index (χ2n) is 13.1. The minimum atomic E-state index is 0.887. The van der Waals surface area contributed by atoms with Crippen LogP contribution >= 0.6 is 11.3 Å². The number of aromatic nitrogens is 1. The minimum absolute atomic E-state index is 0.887. The van der Waals surface area contributed by atoms with Crippen molar-refractivity contribution in [1.82, 2.24) is 4.98 Å². The molecule has 0 amide bonds. The van der Waals surface area contributed by atoms with Crippen LogP contribution in [0.3, 0.4) is 0 Å². The summed E-state index contributed by atoms with van der Waals surface area (Å²) in [6.45, 7) is 0. The van der Waals surface area contributed by atoms with Crippen molar-refractivity contribution in [1.29, 1.82) is 0 Å². The van der Waals surface area contributed by atoms with E-state index in [9.17, 15) is 0 Å². The van der Waals surface area contributed by atoms with Gasteiger partial charge in [-0.3, -0.25) is 0 Å². The highest BCUT2D eigenvalue weighted by molar-refractivity contribution is 7.25. The van der Waals surface area contributed by atoms with Gasteiger partial charge in [-0.05, 0) is 75.1 Å². The summed E-state index contributed by atoms with van der Waals surface area (Å²) >= 11 is 1.86. The normalized spacial score (nSPS) is 12.0. The Morgan fingerprint density at radius 3 is 1.96 bits per heavy atom. The molecule has 0 atom stereocenters. The zero-order valence-corrected chi connectivity index (χ0v) is 27.7. The number of thiophene rings is 1. The predicted octanol–water partition coefficient (Wildman–Crippen LogP) is 13.8. The number of furan rings is 1. The molecular formula is C47H27NOS. The molecule has 50 heavy (non-hydrogen) atoms. The number of rotatable bonds is 3. The van der Waals surface area contributed by atoms with Crippen LogP contribution in [0.2, 0.25) is 0 Å². The molecule has 3 heteroatoms. The summed E-state index contributed by atoms with van der Waals surface area (Å²) in [6.07, 6.45) is 0. The van der Waals surface area contributed by atoms with E-state index in [1.807, 2.05) is 11.3 Å². The van der Waals surface area contributed by atoms with E-state index in [1.54, 1.807) is 0 Å². The fourth-order valence-corrected chi connectivity index (χ4v) is 8.92. The predicted molar refractivity (Wildman–Crippen MR) is 213 cm³/mol. The van der Waals surface area contributed by atoms with E-state index in [0.29, 0.717) is 0 Å². The van der Waals surface area contributed by atoms with E-state index in [1.165, 1.54) is 47.5 Å². The van der Waals surface area contributed by atoms with E-state index >= 15 is 0 Å². The van der Waals surface area contributed by atoms with E-state index in [0.717, 1.165) is 60.6 Å². The Bertz CT molecular complexity index is 3150. The molecule has 8 aromatic carbocycles. The van der Waals surface area contributed by atoms with Gasteiger partial charge in [0, 0.05) is 52.8 Å². The average Bonchev–Trinajstić information content (AvgIpc) is 3.76. The molecule has 0 aliphatic rings. The standard InChI is InChI=1S/C47H27NOS/c1-2-9-32-25-34(18-15-28(32)7-1)46-38-23-24-42-45(39-22-19-30-8-3-4-10-35(30)47(39)49-42)40(38)27-41(48-46)31-16-13-29(14-17-31)33-20-21-37-36-11-5-6-12-43(36)50-44(37)26-33/h1-27H. The lowest BCUT2D eigenvalue weighted by atomic mass is 9.95. The smallest absolute Gasteiger partial charge is 0.143 e. The van der Waals surface area contributed by atoms with Crippen LogP contribution in [0.15, 0.2) is 168 Å². The van der Waals surface area contributed by atoms with Crippen LogP contribution in [0, 0.1) is 0 Å². The summed E-state index contributed by atoms with van der Waals surface area (Å²) in [4.78, 5) is 5.41. The first-order chi connectivity index (χ1) is 24.7. The van der Waals surface area contributed by atoms with Gasteiger partial charge in [0.2, 0.25) is 0 Å². The summed E-state index contributed by atoms with van der Waals surface area (Å²) in [7, 11) is 0. The monoisotopic (exact) mass is 653 g/mol. The lowest BCUT2D eigenvalue weighted by molar-refractivity contribution is 0.673. The number of pyridine rings is 1. The molecule has 0 saturated heterocycles. The first-order valence-electron chi connectivity index (χ1n) is 16.9. The van der Waals surface area contributed by atoms with E-state index < -0.39 is 0 Å². The van der Waals surface area contributed by atoms with Gasteiger partial charge in [-0.2, -0.15) is 0 Å². The molecule has 11 rings (SSSR count). The SMILES string of the molecule is c1ccc2cc(-c3nc(-c4ccc(-c5ccc6c(c5)sc5ccccc56)cc4)cc4c3ccc3oc5c6ccccc6ccc5c34)ccc2c1. The molecule has 11 aromatic rings. The summed E-state index contributed by atoms with van der Waals surface area (Å²) in [6, 6.07) is 59.0. The molecule has 0 bridgehead atoms. The molecule has 0 aliphatic heterocycles. The van der Waals surface area contributed by atoms with Crippen LogP contribution in [0.25, 0.3) is 108 Å². The van der Waals surface area contributed by atoms with Crippen LogP contribution in [0.5, 0.6) is 0 Å². The lowest BCUT2D eigenvalue weighted by Crippen LogP contribution is -1.92. The third kappa shape index (κ3) is 4.17. The van der Waals surface area contributed by atoms with Crippen molar-refractivity contribution in [3.05, 3.63) is 164 Å². The molecule has 0 saturated carbocycles. The van der Waals surface area contributed by atoms with Crippen molar-refractivity contribution in [2.75, 3.05) is 0 Å². The van der Waals surface area contributed by atoms with E-state index in [-0.39, 0.29) is 0 Å². The molecule has 232 valence electrons. The molecule has 2 nitrogen and oxygen atoms in total. The number of benzene rings is 8. The molecule has 3 aromatic heterocycles. The van der Waals surface area contributed by atoms with Crippen molar-refractivity contribution in [2.45, 2.75) is 0 Å². The molecule has 0 fully saturated rings. The summed E-state index contributed by atoms with van der Waals surface area (Å²) in [5.41, 5.74) is 8.32. The topological polar surface area (TPSA) is 26.0 Å². The highest BCUT2D eigenvalue weighted by Crippen LogP contribution is 2.42. The average molecular weight is 654 g/mol. The van der Waals surface area contributed by atoms with Crippen molar-refractivity contribution in [3.63, 3.8) is 0 Å². The van der Waals surface area contributed by atoms with E-state index in [4.69, 9.17) is 9.40 Å². The number of hydrogen-bond acceptors (Lipinski definition) is 3. The minimum Gasteiger partial charge on any atom is -0.455 e. The third-order valence-corrected chi connectivity index (χ3v) is 11.4. The van der Waals surface area contributed by atoms with Crippen molar-refractivity contribution in [3.8, 4) is 33.6 Å². The van der Waals surface area contributed by atoms with Gasteiger partial charge in [-0.25, -0.2) is 4.98 Å². The quantitative estimate of drug-likeness (QED) is 0.190. The second kappa shape index (κ2) is 10.6. The highest BCUT2D eigenvalue weighted by Gasteiger charge is 2.18. The zero-order valence-electron chi connectivity index (χ0n) is 26.9. The lowest BCUT2D eigenvalue weighted by Gasteiger charge is -2.12. The Balaban J connectivity index is 1.12. The number of nitrogens with zero attached hydrogens (tertiary/aromatic N) is 1. The second-order valence-corrected chi connectivity index (χ2v) is 14.2.